The molecule has 7 heteroatoms. The van der Waals surface area contributed by atoms with Gasteiger partial charge >= 0.3 is 5.97 Å². The van der Waals surface area contributed by atoms with E-state index in [2.05, 4.69) is 14.6 Å². The maximum atomic E-state index is 10.7. The van der Waals surface area contributed by atoms with Crippen LogP contribution in [-0.4, -0.2) is 25.6 Å². The minimum atomic E-state index is -1.08. The molecule has 2 aromatic heterocycles. The number of fused-ring (bicyclic) bond motifs is 1. The molecule has 0 aromatic carbocycles. The molecule has 0 amide bonds. The molecule has 13 heavy (non-hydrogen) atoms. The van der Waals surface area contributed by atoms with Crippen LogP contribution in [0.5, 0.6) is 0 Å². The number of pyridine rings is 1. The van der Waals surface area contributed by atoms with E-state index >= 15 is 0 Å². The van der Waals surface area contributed by atoms with Crippen LogP contribution in [0.2, 0.25) is 5.15 Å². The fourth-order valence-corrected chi connectivity index (χ4v) is 1.71. The zero-order valence-electron chi connectivity index (χ0n) is 6.06. The van der Waals surface area contributed by atoms with Gasteiger partial charge in [-0.15, -0.1) is 5.10 Å². The third kappa shape index (κ3) is 1.24. The number of hydrogen-bond donors (Lipinski definition) is 1. The van der Waals surface area contributed by atoms with E-state index in [0.717, 1.165) is 11.5 Å². The van der Waals surface area contributed by atoms with Crippen molar-refractivity contribution in [1.29, 1.82) is 0 Å². The van der Waals surface area contributed by atoms with E-state index in [9.17, 15) is 4.79 Å². The van der Waals surface area contributed by atoms with E-state index in [1.165, 1.54) is 6.20 Å². The molecule has 0 radical (unpaired) electrons. The molecule has 0 aliphatic rings. The largest absolute Gasteiger partial charge is 0.478 e. The summed E-state index contributed by atoms with van der Waals surface area (Å²) in [6, 6.07) is 0. The summed E-state index contributed by atoms with van der Waals surface area (Å²) in [4.78, 5) is 14.4. The van der Waals surface area contributed by atoms with Crippen LogP contribution in [-0.2, 0) is 0 Å². The van der Waals surface area contributed by atoms with Gasteiger partial charge in [0.15, 0.2) is 0 Å². The quantitative estimate of drug-likeness (QED) is 0.729. The van der Waals surface area contributed by atoms with Gasteiger partial charge in [-0.1, -0.05) is 16.1 Å². The molecule has 5 nitrogen and oxygen atoms in total. The molecule has 0 aliphatic carbocycles. The number of halogens is 1. The molecule has 0 fully saturated rings. The minimum absolute atomic E-state index is 0.0214. The molecule has 0 saturated heterocycles. The van der Waals surface area contributed by atoms with Crippen LogP contribution in [0.1, 0.15) is 10.4 Å². The number of aromatic nitrogens is 3. The van der Waals surface area contributed by atoms with Gasteiger partial charge < -0.3 is 5.11 Å². The van der Waals surface area contributed by atoms with Gasteiger partial charge in [0.1, 0.15) is 20.9 Å². The lowest BCUT2D eigenvalue weighted by molar-refractivity contribution is 0.0698. The first-order valence-electron chi connectivity index (χ1n) is 3.20. The highest BCUT2D eigenvalue weighted by molar-refractivity contribution is 7.13. The molecule has 0 saturated carbocycles. The summed E-state index contributed by atoms with van der Waals surface area (Å²) in [6.07, 6.45) is 1.17. The van der Waals surface area contributed by atoms with Crippen molar-refractivity contribution in [2.45, 2.75) is 0 Å². The Balaban J connectivity index is 2.86. The molecular weight excluding hydrogens is 214 g/mol. The number of rotatable bonds is 1. The van der Waals surface area contributed by atoms with Crippen LogP contribution in [0.15, 0.2) is 6.20 Å². The normalized spacial score (nSPS) is 10.5. The van der Waals surface area contributed by atoms with Crippen LogP contribution >= 0.6 is 23.1 Å². The first-order chi connectivity index (χ1) is 6.20. The maximum Gasteiger partial charge on any atom is 0.339 e. The number of aromatic carboxylic acids is 1. The van der Waals surface area contributed by atoms with E-state index in [1.807, 2.05) is 0 Å². The van der Waals surface area contributed by atoms with Gasteiger partial charge in [-0.2, -0.15) is 0 Å². The van der Waals surface area contributed by atoms with Gasteiger partial charge in [-0.25, -0.2) is 9.78 Å². The fraction of sp³-hybridized carbons (Fsp3) is 0. The zero-order valence-corrected chi connectivity index (χ0v) is 7.63. The Kier molecular flexibility index (Phi) is 1.86. The molecule has 2 heterocycles. The maximum absolute atomic E-state index is 10.7. The molecule has 2 rings (SSSR count). The molecule has 66 valence electrons. The topological polar surface area (TPSA) is 76.0 Å². The monoisotopic (exact) mass is 215 g/mol. The Morgan fingerprint density at radius 2 is 2.38 bits per heavy atom. The third-order valence-electron chi connectivity index (χ3n) is 1.47. The summed E-state index contributed by atoms with van der Waals surface area (Å²) >= 11 is 6.73. The highest BCUT2D eigenvalue weighted by atomic mass is 35.5. The predicted molar refractivity (Wildman–Crippen MR) is 47.2 cm³/mol. The molecule has 1 N–H and O–H groups in total. The molecule has 0 bridgehead atoms. The van der Waals surface area contributed by atoms with Crippen molar-refractivity contribution in [3.63, 3.8) is 0 Å². The van der Waals surface area contributed by atoms with Gasteiger partial charge in [0.2, 0.25) is 0 Å². The van der Waals surface area contributed by atoms with Crippen LogP contribution in [0.4, 0.5) is 0 Å². The SMILES string of the molecule is O=C(O)c1cnc(Cl)c2snnc12. The number of carboxylic acid groups (broad SMARTS) is 1. The second-order valence-electron chi connectivity index (χ2n) is 2.22. The Hall–Kier alpha value is -1.27. The smallest absolute Gasteiger partial charge is 0.339 e. The molecule has 0 unspecified atom stereocenters. The summed E-state index contributed by atoms with van der Waals surface area (Å²) in [5, 5.41) is 12.6. The van der Waals surface area contributed by atoms with Crippen molar-refractivity contribution < 1.29 is 9.90 Å². The van der Waals surface area contributed by atoms with E-state index in [1.54, 1.807) is 0 Å². The van der Waals surface area contributed by atoms with E-state index < -0.39 is 5.97 Å². The third-order valence-corrected chi connectivity index (χ3v) is 2.60. The molecule has 0 aliphatic heterocycles. The predicted octanol–water partition coefficient (Wildman–Crippen LogP) is 1.44. The lowest BCUT2D eigenvalue weighted by atomic mass is 10.2. The van der Waals surface area contributed by atoms with Crippen molar-refractivity contribution >= 4 is 39.3 Å². The lowest BCUT2D eigenvalue weighted by Crippen LogP contribution is -1.98. The minimum Gasteiger partial charge on any atom is -0.478 e. The summed E-state index contributed by atoms with van der Waals surface area (Å²) in [6.45, 7) is 0. The summed E-state index contributed by atoms with van der Waals surface area (Å²) < 4.78 is 4.11. The first-order valence-corrected chi connectivity index (χ1v) is 4.35. The van der Waals surface area contributed by atoms with E-state index in [0.29, 0.717) is 4.70 Å². The molecular formula is C6H2ClN3O2S. The average molecular weight is 216 g/mol. The van der Waals surface area contributed by atoms with Gasteiger partial charge in [0.25, 0.3) is 0 Å². The van der Waals surface area contributed by atoms with E-state index in [4.69, 9.17) is 16.7 Å². The summed E-state index contributed by atoms with van der Waals surface area (Å²) in [5.41, 5.74) is 0.311. The highest BCUT2D eigenvalue weighted by Crippen LogP contribution is 2.25. The highest BCUT2D eigenvalue weighted by Gasteiger charge is 2.14. The molecule has 2 aromatic rings. The van der Waals surface area contributed by atoms with Gasteiger partial charge in [0, 0.05) is 6.20 Å². The second-order valence-corrected chi connectivity index (χ2v) is 3.33. The van der Waals surface area contributed by atoms with Crippen LogP contribution in [0.25, 0.3) is 10.2 Å². The average Bonchev–Trinajstić information content (AvgIpc) is 2.53. The number of carbonyl (C=O) groups is 1. The van der Waals surface area contributed by atoms with Gasteiger partial charge in [-0.05, 0) is 11.5 Å². The van der Waals surface area contributed by atoms with Gasteiger partial charge in [0.05, 0.1) is 0 Å². The Morgan fingerprint density at radius 3 is 3.08 bits per heavy atom. The van der Waals surface area contributed by atoms with Crippen LogP contribution in [0, 0.1) is 0 Å². The zero-order chi connectivity index (χ0) is 9.42. The molecule has 0 atom stereocenters. The van der Waals surface area contributed by atoms with Crippen molar-refractivity contribution in [2.24, 2.45) is 0 Å². The van der Waals surface area contributed by atoms with Crippen molar-refractivity contribution in [3.05, 3.63) is 16.9 Å². The van der Waals surface area contributed by atoms with Crippen LogP contribution in [0.3, 0.4) is 0 Å². The first kappa shape index (κ1) is 8.33. The van der Waals surface area contributed by atoms with Crippen molar-refractivity contribution in [3.8, 4) is 0 Å². The summed E-state index contributed by atoms with van der Waals surface area (Å²) in [7, 11) is 0. The Bertz CT molecular complexity index is 484. The lowest BCUT2D eigenvalue weighted by Gasteiger charge is -1.94. The Labute approximate surface area is 81.1 Å². The second kappa shape index (κ2) is 2.90. The number of nitrogens with zero attached hydrogens (tertiary/aromatic N) is 3. The molecule has 0 spiro atoms. The van der Waals surface area contributed by atoms with Gasteiger partial charge in [-0.3, -0.25) is 0 Å². The van der Waals surface area contributed by atoms with Crippen molar-refractivity contribution in [1.82, 2.24) is 14.6 Å². The van der Waals surface area contributed by atoms with Crippen molar-refractivity contribution in [2.75, 3.05) is 0 Å². The number of carboxylic acids is 1. The van der Waals surface area contributed by atoms with Crippen LogP contribution < -0.4 is 0 Å². The Morgan fingerprint density at radius 1 is 1.62 bits per heavy atom. The van der Waals surface area contributed by atoms with E-state index in [-0.39, 0.29) is 16.2 Å². The number of hydrogen-bond acceptors (Lipinski definition) is 5. The standard InChI is InChI=1S/C6H2ClN3O2S/c7-5-4-3(9-10-13-4)2(1-8-5)6(11)12/h1H,(H,11,12). The fourth-order valence-electron chi connectivity index (χ4n) is 0.900. The summed E-state index contributed by atoms with van der Waals surface area (Å²) in [5.74, 6) is -1.08.